The third kappa shape index (κ3) is 9.36. The van der Waals surface area contributed by atoms with Gasteiger partial charge < -0.3 is 24.4 Å². The monoisotopic (exact) mass is 580 g/mol. The second-order valence-corrected chi connectivity index (χ2v) is 10.7. The molecule has 3 rings (SSSR count). The molecule has 0 aliphatic carbocycles. The lowest BCUT2D eigenvalue weighted by atomic mass is 9.96. The summed E-state index contributed by atoms with van der Waals surface area (Å²) in [6.07, 6.45) is 12.6. The minimum Gasteiger partial charge on any atom is -0.496 e. The van der Waals surface area contributed by atoms with E-state index in [1.807, 2.05) is 43.3 Å². The van der Waals surface area contributed by atoms with Gasteiger partial charge in [-0.1, -0.05) is 76.8 Å². The average molecular weight is 581 g/mol. The number of rotatable bonds is 19. The molecule has 10 nitrogen and oxygen atoms in total. The first-order valence-corrected chi connectivity index (χ1v) is 15.1. The molecule has 1 N–H and O–H groups in total. The molecule has 0 spiro atoms. The van der Waals surface area contributed by atoms with Crippen molar-refractivity contribution in [2.24, 2.45) is 0 Å². The summed E-state index contributed by atoms with van der Waals surface area (Å²) in [7, 11) is 8.57. The quantitative estimate of drug-likeness (QED) is 0.161. The summed E-state index contributed by atoms with van der Waals surface area (Å²) in [6.45, 7) is 2.92. The van der Waals surface area contributed by atoms with E-state index in [-0.39, 0.29) is 5.91 Å². The molecule has 230 valence electrons. The second-order valence-electron chi connectivity index (χ2n) is 10.7. The lowest BCUT2D eigenvalue weighted by Crippen LogP contribution is -2.24. The van der Waals surface area contributed by atoms with Gasteiger partial charge in [0.05, 0.1) is 27.9 Å². The SMILES string of the molecule is CCCCCCCCCCCCn1nnc([C@H](C(=O)Nc2c(OC)cc(OC)cc2OC)c2ccc(N(C)C)cc2)n1. The van der Waals surface area contributed by atoms with Crippen molar-refractivity contribution in [2.45, 2.75) is 83.6 Å². The molecule has 1 atom stereocenters. The highest BCUT2D eigenvalue weighted by Gasteiger charge is 2.29. The minimum atomic E-state index is -0.792. The maximum absolute atomic E-state index is 13.9. The Bertz CT molecular complexity index is 1200. The molecule has 0 unspecified atom stereocenters. The number of ether oxygens (including phenoxy) is 3. The number of aromatic nitrogens is 4. The van der Waals surface area contributed by atoms with Crippen molar-refractivity contribution >= 4 is 17.3 Å². The van der Waals surface area contributed by atoms with E-state index in [0.717, 1.165) is 24.1 Å². The number of benzene rings is 2. The Balaban J connectivity index is 1.73. The van der Waals surface area contributed by atoms with Gasteiger partial charge in [0.25, 0.3) is 0 Å². The number of carbonyl (C=O) groups is 1. The summed E-state index contributed by atoms with van der Waals surface area (Å²) in [5, 5.41) is 16.2. The molecule has 1 amide bonds. The van der Waals surface area contributed by atoms with Crippen LogP contribution in [0.15, 0.2) is 36.4 Å². The van der Waals surface area contributed by atoms with Crippen LogP contribution in [0.5, 0.6) is 17.2 Å². The first kappa shape index (κ1) is 32.7. The Morgan fingerprint density at radius 2 is 1.43 bits per heavy atom. The molecule has 3 aromatic rings. The van der Waals surface area contributed by atoms with Gasteiger partial charge in [-0.25, -0.2) is 0 Å². The van der Waals surface area contributed by atoms with Crippen LogP contribution in [-0.2, 0) is 11.3 Å². The highest BCUT2D eigenvalue weighted by atomic mass is 16.5. The van der Waals surface area contributed by atoms with Crippen LogP contribution in [0.3, 0.4) is 0 Å². The molecule has 10 heteroatoms. The van der Waals surface area contributed by atoms with Gasteiger partial charge >= 0.3 is 0 Å². The van der Waals surface area contributed by atoms with Crippen molar-refractivity contribution < 1.29 is 19.0 Å². The number of anilines is 2. The Labute approximate surface area is 250 Å². The molecule has 1 heterocycles. The predicted molar refractivity (Wildman–Crippen MR) is 167 cm³/mol. The van der Waals surface area contributed by atoms with Crippen LogP contribution in [0, 0.1) is 0 Å². The number of tetrazole rings is 1. The maximum atomic E-state index is 13.9. The number of methoxy groups -OCH3 is 3. The van der Waals surface area contributed by atoms with E-state index in [1.165, 1.54) is 65.6 Å². The van der Waals surface area contributed by atoms with E-state index in [1.54, 1.807) is 24.0 Å². The van der Waals surface area contributed by atoms with E-state index < -0.39 is 5.92 Å². The zero-order chi connectivity index (χ0) is 30.3. The van der Waals surface area contributed by atoms with E-state index >= 15 is 0 Å². The van der Waals surface area contributed by atoms with Crippen LogP contribution >= 0.6 is 0 Å². The van der Waals surface area contributed by atoms with E-state index in [9.17, 15) is 4.79 Å². The number of nitrogens with one attached hydrogen (secondary N) is 1. The van der Waals surface area contributed by atoms with Crippen molar-refractivity contribution in [3.63, 3.8) is 0 Å². The van der Waals surface area contributed by atoms with Crippen LogP contribution in [0.1, 0.15) is 88.4 Å². The Kier molecular flexibility index (Phi) is 13.4. The smallest absolute Gasteiger partial charge is 0.240 e. The van der Waals surface area contributed by atoms with Crippen molar-refractivity contribution in [2.75, 3.05) is 45.6 Å². The molecule has 42 heavy (non-hydrogen) atoms. The average Bonchev–Trinajstić information content (AvgIpc) is 3.46. The molecule has 0 saturated carbocycles. The fourth-order valence-electron chi connectivity index (χ4n) is 4.91. The van der Waals surface area contributed by atoms with Gasteiger partial charge in [0.15, 0.2) is 5.82 Å². The highest BCUT2D eigenvalue weighted by molar-refractivity contribution is 6.00. The maximum Gasteiger partial charge on any atom is 0.240 e. The molecule has 0 aliphatic heterocycles. The summed E-state index contributed by atoms with van der Waals surface area (Å²) in [6, 6.07) is 11.2. The van der Waals surface area contributed by atoms with Gasteiger partial charge in [0.1, 0.15) is 28.9 Å². The molecule has 0 aliphatic rings. The van der Waals surface area contributed by atoms with Gasteiger partial charge in [0.2, 0.25) is 5.91 Å². The van der Waals surface area contributed by atoms with Crippen LogP contribution < -0.4 is 24.4 Å². The van der Waals surface area contributed by atoms with E-state index in [4.69, 9.17) is 14.2 Å². The fourth-order valence-corrected chi connectivity index (χ4v) is 4.91. The Morgan fingerprint density at radius 3 is 1.95 bits per heavy atom. The summed E-state index contributed by atoms with van der Waals surface area (Å²) < 4.78 is 16.4. The number of nitrogens with zero attached hydrogens (tertiary/aromatic N) is 5. The summed E-state index contributed by atoms with van der Waals surface area (Å²) in [5.41, 5.74) is 2.18. The molecule has 0 saturated heterocycles. The lowest BCUT2D eigenvalue weighted by molar-refractivity contribution is -0.116. The summed E-state index contributed by atoms with van der Waals surface area (Å²) >= 11 is 0. The molecule has 0 bridgehead atoms. The van der Waals surface area contributed by atoms with Gasteiger partial charge in [-0.2, -0.15) is 4.80 Å². The van der Waals surface area contributed by atoms with Gasteiger partial charge in [-0.3, -0.25) is 4.79 Å². The van der Waals surface area contributed by atoms with Gasteiger partial charge in [-0.15, -0.1) is 10.2 Å². The van der Waals surface area contributed by atoms with Crippen molar-refractivity contribution in [1.29, 1.82) is 0 Å². The van der Waals surface area contributed by atoms with E-state index in [0.29, 0.717) is 35.3 Å². The molecular formula is C32H48N6O4. The molecule has 0 fully saturated rings. The number of hydrogen-bond donors (Lipinski definition) is 1. The zero-order valence-electron chi connectivity index (χ0n) is 26.2. The topological polar surface area (TPSA) is 104 Å². The second kappa shape index (κ2) is 17.2. The number of hydrogen-bond acceptors (Lipinski definition) is 8. The third-order valence-corrected chi connectivity index (χ3v) is 7.41. The standard InChI is InChI=1S/C32H48N6O4/c1-7-8-9-10-11-12-13-14-15-16-21-38-35-31(34-36-38)29(24-17-19-25(20-18-24)37(2)3)32(39)33-30-27(41-5)22-26(40-4)23-28(30)42-6/h17-20,22-23,29H,7-16,21H2,1-6H3,(H,33,39)/t29-/m1/s1. The Hall–Kier alpha value is -3.82. The van der Waals surface area contributed by atoms with Crippen LogP contribution in [0.2, 0.25) is 0 Å². The minimum absolute atomic E-state index is 0.326. The first-order chi connectivity index (χ1) is 20.4. The highest BCUT2D eigenvalue weighted by Crippen LogP contribution is 2.40. The van der Waals surface area contributed by atoms with Crippen molar-refractivity contribution in [3.05, 3.63) is 47.8 Å². The first-order valence-electron chi connectivity index (χ1n) is 15.1. The molecule has 2 aromatic carbocycles. The van der Waals surface area contributed by atoms with Crippen molar-refractivity contribution in [1.82, 2.24) is 20.2 Å². The molecular weight excluding hydrogens is 532 g/mol. The van der Waals surface area contributed by atoms with Crippen LogP contribution in [0.4, 0.5) is 11.4 Å². The van der Waals surface area contributed by atoms with E-state index in [2.05, 4.69) is 27.7 Å². The fraction of sp³-hybridized carbons (Fsp3) is 0.562. The molecule has 1 aromatic heterocycles. The number of unbranched alkanes of at least 4 members (excludes halogenated alkanes) is 9. The normalized spacial score (nSPS) is 11.7. The van der Waals surface area contributed by atoms with Crippen molar-refractivity contribution in [3.8, 4) is 17.2 Å². The number of aryl methyl sites for hydroxylation is 1. The Morgan fingerprint density at radius 1 is 0.857 bits per heavy atom. The van der Waals surface area contributed by atoms with Crippen LogP contribution in [0.25, 0.3) is 0 Å². The van der Waals surface area contributed by atoms with Gasteiger partial charge in [-0.05, 0) is 29.3 Å². The third-order valence-electron chi connectivity index (χ3n) is 7.41. The summed E-state index contributed by atoms with van der Waals surface area (Å²) in [4.78, 5) is 17.5. The molecule has 0 radical (unpaired) electrons. The predicted octanol–water partition coefficient (Wildman–Crippen LogP) is 6.46. The lowest BCUT2D eigenvalue weighted by Gasteiger charge is -2.19. The summed E-state index contributed by atoms with van der Waals surface area (Å²) in [5.74, 6) is 0.599. The van der Waals surface area contributed by atoms with Gasteiger partial charge in [0, 0.05) is 31.9 Å². The zero-order valence-corrected chi connectivity index (χ0v) is 26.2. The number of amides is 1. The van der Waals surface area contributed by atoms with Crippen LogP contribution in [-0.4, -0.2) is 61.5 Å². The number of carbonyl (C=O) groups excluding carboxylic acids is 1. The largest absolute Gasteiger partial charge is 0.496 e.